The van der Waals surface area contributed by atoms with E-state index in [1.807, 2.05) is 6.92 Å². The summed E-state index contributed by atoms with van der Waals surface area (Å²) >= 11 is 0. The molecular formula is C15H26N6O3S. The van der Waals surface area contributed by atoms with Crippen molar-refractivity contribution in [3.63, 3.8) is 0 Å². The average Bonchev–Trinajstić information content (AvgIpc) is 2.55. The number of carbonyl (C=O) groups is 1. The zero-order valence-corrected chi connectivity index (χ0v) is 15.7. The van der Waals surface area contributed by atoms with Crippen LogP contribution in [0, 0.1) is 6.92 Å². The summed E-state index contributed by atoms with van der Waals surface area (Å²) in [6.45, 7) is 3.08. The number of carbonyl (C=O) groups excluding carboxylic acids is 1. The van der Waals surface area contributed by atoms with E-state index in [4.69, 9.17) is 0 Å². The van der Waals surface area contributed by atoms with Gasteiger partial charge in [-0.05, 0) is 19.8 Å². The molecule has 10 heteroatoms. The van der Waals surface area contributed by atoms with Crippen LogP contribution in [0.3, 0.4) is 0 Å². The van der Waals surface area contributed by atoms with E-state index in [9.17, 15) is 13.2 Å². The molecule has 2 N–H and O–H groups in total. The van der Waals surface area contributed by atoms with Gasteiger partial charge in [-0.1, -0.05) is 0 Å². The Kier molecular flexibility index (Phi) is 6.68. The van der Waals surface area contributed by atoms with Crippen molar-refractivity contribution in [3.8, 4) is 0 Å². The summed E-state index contributed by atoms with van der Waals surface area (Å²) in [6.07, 6.45) is 5.43. The maximum atomic E-state index is 12.2. The van der Waals surface area contributed by atoms with Crippen LogP contribution in [0.1, 0.15) is 24.2 Å². The average molecular weight is 370 g/mol. The molecule has 1 aromatic rings. The standard InChI is InChI=1S/C15H26N6O3S/c1-12-9-16-10-13(18-12)6-7-17-15(22)19-14-5-4-8-21(11-14)25(23,24)20(2)3/h9-10,14H,4-8,11H2,1-3H3,(H2,17,19,22)/t14-/m1/s1. The number of amides is 2. The second kappa shape index (κ2) is 8.54. The summed E-state index contributed by atoms with van der Waals surface area (Å²) in [5, 5.41) is 5.62. The highest BCUT2D eigenvalue weighted by Gasteiger charge is 2.30. The number of hydrogen-bond acceptors (Lipinski definition) is 5. The van der Waals surface area contributed by atoms with Gasteiger partial charge in [-0.3, -0.25) is 9.97 Å². The van der Waals surface area contributed by atoms with Crippen LogP contribution in [0.15, 0.2) is 12.4 Å². The maximum Gasteiger partial charge on any atom is 0.315 e. The van der Waals surface area contributed by atoms with Gasteiger partial charge in [0, 0.05) is 58.6 Å². The molecule has 1 fully saturated rings. The van der Waals surface area contributed by atoms with Crippen molar-refractivity contribution in [1.29, 1.82) is 0 Å². The molecule has 140 valence electrons. The summed E-state index contributed by atoms with van der Waals surface area (Å²) in [4.78, 5) is 20.4. The van der Waals surface area contributed by atoms with Crippen molar-refractivity contribution in [2.45, 2.75) is 32.2 Å². The lowest BCUT2D eigenvalue weighted by Crippen LogP contribution is -2.53. The second-order valence-electron chi connectivity index (χ2n) is 6.29. The third-order valence-electron chi connectivity index (χ3n) is 3.98. The van der Waals surface area contributed by atoms with E-state index in [0.717, 1.165) is 24.2 Å². The fourth-order valence-electron chi connectivity index (χ4n) is 2.68. The molecule has 2 amide bonds. The van der Waals surface area contributed by atoms with Crippen molar-refractivity contribution in [2.75, 3.05) is 33.7 Å². The number of urea groups is 1. The first-order valence-electron chi connectivity index (χ1n) is 8.28. The fraction of sp³-hybridized carbons (Fsp3) is 0.667. The van der Waals surface area contributed by atoms with E-state index in [0.29, 0.717) is 19.5 Å². The normalized spacial score (nSPS) is 19.0. The van der Waals surface area contributed by atoms with Crippen molar-refractivity contribution in [1.82, 2.24) is 29.2 Å². The molecule has 0 unspecified atom stereocenters. The lowest BCUT2D eigenvalue weighted by atomic mass is 10.1. The lowest BCUT2D eigenvalue weighted by molar-refractivity contribution is 0.224. The van der Waals surface area contributed by atoms with E-state index in [-0.39, 0.29) is 18.6 Å². The van der Waals surface area contributed by atoms with Crippen molar-refractivity contribution < 1.29 is 13.2 Å². The fourth-order valence-corrected chi connectivity index (χ4v) is 3.87. The number of rotatable bonds is 6. The van der Waals surface area contributed by atoms with Crippen molar-refractivity contribution >= 4 is 16.2 Å². The predicted octanol–water partition coefficient (Wildman–Crippen LogP) is -0.102. The number of nitrogens with one attached hydrogen (secondary N) is 2. The van der Waals surface area contributed by atoms with Crippen LogP contribution < -0.4 is 10.6 Å². The Bertz CT molecular complexity index is 694. The molecule has 2 heterocycles. The Morgan fingerprint density at radius 3 is 2.84 bits per heavy atom. The van der Waals surface area contributed by atoms with Crippen LogP contribution in [0.2, 0.25) is 0 Å². The van der Waals surface area contributed by atoms with Gasteiger partial charge >= 0.3 is 6.03 Å². The van der Waals surface area contributed by atoms with E-state index < -0.39 is 10.2 Å². The van der Waals surface area contributed by atoms with Gasteiger partial charge in [-0.25, -0.2) is 4.79 Å². The molecule has 1 saturated heterocycles. The highest BCUT2D eigenvalue weighted by Crippen LogP contribution is 2.15. The predicted molar refractivity (Wildman–Crippen MR) is 94.2 cm³/mol. The Morgan fingerprint density at radius 1 is 1.40 bits per heavy atom. The van der Waals surface area contributed by atoms with Gasteiger partial charge in [0.25, 0.3) is 10.2 Å². The second-order valence-corrected chi connectivity index (χ2v) is 8.43. The van der Waals surface area contributed by atoms with E-state index in [1.165, 1.54) is 22.7 Å². The molecule has 1 aliphatic rings. The van der Waals surface area contributed by atoms with Crippen LogP contribution in [0.5, 0.6) is 0 Å². The highest BCUT2D eigenvalue weighted by atomic mass is 32.2. The van der Waals surface area contributed by atoms with Gasteiger partial charge in [0.15, 0.2) is 0 Å². The van der Waals surface area contributed by atoms with Crippen LogP contribution >= 0.6 is 0 Å². The number of aromatic nitrogens is 2. The van der Waals surface area contributed by atoms with E-state index in [1.54, 1.807) is 12.4 Å². The molecule has 0 aliphatic carbocycles. The van der Waals surface area contributed by atoms with Gasteiger partial charge < -0.3 is 10.6 Å². The number of nitrogens with zero attached hydrogens (tertiary/aromatic N) is 4. The van der Waals surface area contributed by atoms with Gasteiger partial charge in [-0.15, -0.1) is 0 Å². The Morgan fingerprint density at radius 2 is 2.16 bits per heavy atom. The molecule has 1 aliphatic heterocycles. The molecule has 0 bridgehead atoms. The Labute approximate surface area is 149 Å². The summed E-state index contributed by atoms with van der Waals surface area (Å²) in [5.41, 5.74) is 1.66. The molecule has 0 aromatic carbocycles. The molecular weight excluding hydrogens is 344 g/mol. The smallest absolute Gasteiger partial charge is 0.315 e. The molecule has 1 atom stereocenters. The number of aryl methyl sites for hydroxylation is 1. The molecule has 0 spiro atoms. The van der Waals surface area contributed by atoms with Gasteiger partial charge in [0.05, 0.1) is 11.4 Å². The number of hydrogen-bond donors (Lipinski definition) is 2. The van der Waals surface area contributed by atoms with Crippen molar-refractivity contribution in [3.05, 3.63) is 23.8 Å². The first-order valence-corrected chi connectivity index (χ1v) is 9.68. The summed E-state index contributed by atoms with van der Waals surface area (Å²) < 4.78 is 27.0. The molecule has 0 radical (unpaired) electrons. The molecule has 2 rings (SSSR count). The zero-order valence-electron chi connectivity index (χ0n) is 14.9. The highest BCUT2D eigenvalue weighted by molar-refractivity contribution is 7.86. The maximum absolute atomic E-state index is 12.2. The topological polar surface area (TPSA) is 108 Å². The monoisotopic (exact) mass is 370 g/mol. The lowest BCUT2D eigenvalue weighted by Gasteiger charge is -2.33. The van der Waals surface area contributed by atoms with Crippen LogP contribution in [0.4, 0.5) is 4.79 Å². The minimum absolute atomic E-state index is 0.192. The van der Waals surface area contributed by atoms with Gasteiger partial charge in [-0.2, -0.15) is 17.0 Å². The largest absolute Gasteiger partial charge is 0.338 e. The van der Waals surface area contributed by atoms with Gasteiger partial charge in [0.1, 0.15) is 0 Å². The van der Waals surface area contributed by atoms with Crippen LogP contribution in [-0.4, -0.2) is 72.8 Å². The Hall–Kier alpha value is -1.78. The molecule has 25 heavy (non-hydrogen) atoms. The zero-order chi connectivity index (χ0) is 18.4. The van der Waals surface area contributed by atoms with E-state index in [2.05, 4.69) is 20.6 Å². The minimum atomic E-state index is -3.45. The molecule has 9 nitrogen and oxygen atoms in total. The first-order chi connectivity index (χ1) is 11.8. The van der Waals surface area contributed by atoms with Gasteiger partial charge in [0.2, 0.25) is 0 Å². The summed E-state index contributed by atoms with van der Waals surface area (Å²) in [6, 6.07) is -0.489. The molecule has 1 aromatic heterocycles. The summed E-state index contributed by atoms with van der Waals surface area (Å²) in [7, 11) is -0.432. The molecule has 0 saturated carbocycles. The quantitative estimate of drug-likeness (QED) is 0.727. The van der Waals surface area contributed by atoms with Crippen LogP contribution in [-0.2, 0) is 16.6 Å². The SMILES string of the molecule is Cc1cncc(CCNC(=O)N[C@@H]2CCCN(S(=O)(=O)N(C)C)C2)n1. The Balaban J connectivity index is 1.78. The summed E-state index contributed by atoms with van der Waals surface area (Å²) in [5.74, 6) is 0. The van der Waals surface area contributed by atoms with Crippen LogP contribution in [0.25, 0.3) is 0 Å². The third-order valence-corrected chi connectivity index (χ3v) is 5.89. The number of piperidine rings is 1. The first kappa shape index (κ1) is 19.5. The van der Waals surface area contributed by atoms with Crippen molar-refractivity contribution in [2.24, 2.45) is 0 Å². The third kappa shape index (κ3) is 5.62. The minimum Gasteiger partial charge on any atom is -0.338 e. The van der Waals surface area contributed by atoms with E-state index >= 15 is 0 Å².